The standard InChI is InChI=1S/C28H44O3S.Mg/c1-2-3-4-5-6-7-8-9-10-11-12-13-14-15-16-17-21-26-24-23-25-20-18-19-22-27(25)28(26)32(29,30)31;/h18-20,22-24H,2-17,21H2,1H3,(H,29,30,31);. The van der Waals surface area contributed by atoms with Crippen molar-refractivity contribution >= 4 is 43.9 Å². The Kier molecular flexibility index (Phi) is 16.4. The van der Waals surface area contributed by atoms with E-state index in [4.69, 9.17) is 0 Å². The van der Waals surface area contributed by atoms with E-state index in [-0.39, 0.29) is 27.9 Å². The van der Waals surface area contributed by atoms with Gasteiger partial charge in [-0.1, -0.05) is 140 Å². The van der Waals surface area contributed by atoms with E-state index in [2.05, 4.69) is 6.92 Å². The Morgan fingerprint density at radius 1 is 0.636 bits per heavy atom. The molecule has 0 amide bonds. The smallest absolute Gasteiger partial charge is 0.282 e. The SMILES string of the molecule is CCCCCCCCCCCCCCCCCCc1ccc2ccccc2c1S(=O)(=O)O.[Mg]. The molecule has 0 aliphatic heterocycles. The highest BCUT2D eigenvalue weighted by molar-refractivity contribution is 7.86. The Balaban J connectivity index is 0.00000544. The third kappa shape index (κ3) is 12.1. The summed E-state index contributed by atoms with van der Waals surface area (Å²) in [4.78, 5) is 0.0940. The maximum Gasteiger partial charge on any atom is 0.295 e. The molecule has 5 heteroatoms. The van der Waals surface area contributed by atoms with Crippen LogP contribution in [-0.4, -0.2) is 36.0 Å². The van der Waals surface area contributed by atoms with Gasteiger partial charge in [-0.15, -0.1) is 0 Å². The molecule has 0 heterocycles. The van der Waals surface area contributed by atoms with Gasteiger partial charge in [-0.05, 0) is 23.8 Å². The van der Waals surface area contributed by atoms with E-state index in [1.54, 1.807) is 6.07 Å². The fourth-order valence-corrected chi connectivity index (χ4v) is 5.62. The first-order chi connectivity index (χ1) is 15.5. The number of benzene rings is 2. The Hall–Kier alpha value is -0.624. The number of aryl methyl sites for hydroxylation is 1. The van der Waals surface area contributed by atoms with Crippen molar-refractivity contribution in [2.75, 3.05) is 0 Å². The van der Waals surface area contributed by atoms with Crippen LogP contribution < -0.4 is 0 Å². The van der Waals surface area contributed by atoms with Gasteiger partial charge in [-0.25, -0.2) is 0 Å². The fraction of sp³-hybridized carbons (Fsp3) is 0.643. The van der Waals surface area contributed by atoms with Crippen LogP contribution in [0, 0.1) is 0 Å². The van der Waals surface area contributed by atoms with Crippen molar-refractivity contribution in [3.8, 4) is 0 Å². The van der Waals surface area contributed by atoms with Gasteiger partial charge in [0.1, 0.15) is 4.90 Å². The number of unbranched alkanes of at least 4 members (excludes halogenated alkanes) is 15. The molecule has 0 saturated carbocycles. The lowest BCUT2D eigenvalue weighted by Gasteiger charge is -2.11. The largest absolute Gasteiger partial charge is 0.295 e. The molecule has 33 heavy (non-hydrogen) atoms. The molecule has 0 spiro atoms. The second-order valence-corrected chi connectivity index (χ2v) is 10.7. The van der Waals surface area contributed by atoms with E-state index < -0.39 is 10.1 Å². The van der Waals surface area contributed by atoms with E-state index in [0.717, 1.165) is 23.8 Å². The van der Waals surface area contributed by atoms with Gasteiger partial charge in [0.05, 0.1) is 0 Å². The van der Waals surface area contributed by atoms with E-state index in [0.29, 0.717) is 11.8 Å². The van der Waals surface area contributed by atoms with Crippen molar-refractivity contribution in [1.82, 2.24) is 0 Å². The lowest BCUT2D eigenvalue weighted by atomic mass is 10.0. The van der Waals surface area contributed by atoms with Crippen molar-refractivity contribution < 1.29 is 13.0 Å². The van der Waals surface area contributed by atoms with Gasteiger partial charge in [-0.2, -0.15) is 8.42 Å². The Morgan fingerprint density at radius 3 is 1.58 bits per heavy atom. The monoisotopic (exact) mass is 484 g/mol. The van der Waals surface area contributed by atoms with Crippen LogP contribution in [0.5, 0.6) is 0 Å². The fourth-order valence-electron chi connectivity index (χ4n) is 4.65. The number of hydrogen-bond donors (Lipinski definition) is 1. The van der Waals surface area contributed by atoms with E-state index in [1.165, 1.54) is 89.9 Å². The summed E-state index contributed by atoms with van der Waals surface area (Å²) < 4.78 is 33.8. The van der Waals surface area contributed by atoms with E-state index in [9.17, 15) is 13.0 Å². The molecule has 2 aromatic rings. The molecular weight excluding hydrogens is 441 g/mol. The minimum atomic E-state index is -4.23. The molecule has 3 nitrogen and oxygen atoms in total. The zero-order valence-electron chi connectivity index (χ0n) is 20.9. The first kappa shape index (κ1) is 30.4. The lowest BCUT2D eigenvalue weighted by molar-refractivity contribution is 0.482. The zero-order valence-corrected chi connectivity index (χ0v) is 23.1. The highest BCUT2D eigenvalue weighted by Gasteiger charge is 2.18. The summed E-state index contributed by atoms with van der Waals surface area (Å²) in [6.07, 6.45) is 21.8. The summed E-state index contributed by atoms with van der Waals surface area (Å²) in [6.45, 7) is 2.27. The molecule has 0 aromatic heterocycles. The summed E-state index contributed by atoms with van der Waals surface area (Å²) >= 11 is 0. The van der Waals surface area contributed by atoms with Crippen LogP contribution in [0.2, 0.25) is 0 Å². The predicted octanol–water partition coefficient (Wildman–Crippen LogP) is 8.51. The van der Waals surface area contributed by atoms with Crippen LogP contribution in [0.4, 0.5) is 0 Å². The normalized spacial score (nSPS) is 11.6. The molecule has 182 valence electrons. The Morgan fingerprint density at radius 2 is 1.09 bits per heavy atom. The molecule has 0 atom stereocenters. The molecule has 0 saturated heterocycles. The van der Waals surface area contributed by atoms with Crippen LogP contribution in [0.25, 0.3) is 10.8 Å². The summed E-state index contributed by atoms with van der Waals surface area (Å²) in [6, 6.07) is 11.2. The lowest BCUT2D eigenvalue weighted by Crippen LogP contribution is -2.04. The van der Waals surface area contributed by atoms with Gasteiger partial charge >= 0.3 is 0 Å². The van der Waals surface area contributed by atoms with Crippen LogP contribution >= 0.6 is 0 Å². The summed E-state index contributed by atoms with van der Waals surface area (Å²) in [5, 5.41) is 1.46. The molecule has 2 aromatic carbocycles. The minimum absolute atomic E-state index is 0. The number of hydrogen-bond acceptors (Lipinski definition) is 2. The average Bonchev–Trinajstić information content (AvgIpc) is 2.77. The quantitative estimate of drug-likeness (QED) is 0.131. The number of rotatable bonds is 18. The van der Waals surface area contributed by atoms with Gasteiger partial charge < -0.3 is 0 Å². The van der Waals surface area contributed by atoms with E-state index in [1.807, 2.05) is 30.3 Å². The average molecular weight is 485 g/mol. The number of fused-ring (bicyclic) bond motifs is 1. The minimum Gasteiger partial charge on any atom is -0.282 e. The van der Waals surface area contributed by atoms with Gasteiger partial charge in [-0.3, -0.25) is 4.55 Å². The Bertz CT molecular complexity index is 880. The van der Waals surface area contributed by atoms with Gasteiger partial charge in [0.25, 0.3) is 10.1 Å². The van der Waals surface area contributed by atoms with Crippen molar-refractivity contribution in [3.63, 3.8) is 0 Å². The molecule has 0 bridgehead atoms. The zero-order chi connectivity index (χ0) is 23.1. The van der Waals surface area contributed by atoms with Crippen LogP contribution in [-0.2, 0) is 16.5 Å². The van der Waals surface area contributed by atoms with Crippen LogP contribution in [0.3, 0.4) is 0 Å². The van der Waals surface area contributed by atoms with Crippen molar-refractivity contribution in [2.24, 2.45) is 0 Å². The second kappa shape index (κ2) is 17.8. The predicted molar refractivity (Wildman–Crippen MR) is 143 cm³/mol. The first-order valence-corrected chi connectivity index (χ1v) is 14.5. The van der Waals surface area contributed by atoms with Crippen LogP contribution in [0.1, 0.15) is 115 Å². The highest BCUT2D eigenvalue weighted by Crippen LogP contribution is 2.28. The molecule has 1 N–H and O–H groups in total. The van der Waals surface area contributed by atoms with Crippen LogP contribution in [0.15, 0.2) is 41.3 Å². The summed E-state index contributed by atoms with van der Waals surface area (Å²) in [7, 11) is -4.23. The van der Waals surface area contributed by atoms with Gasteiger partial charge in [0, 0.05) is 28.4 Å². The Labute approximate surface area is 219 Å². The third-order valence-corrected chi connectivity index (χ3v) is 7.52. The molecule has 0 unspecified atom stereocenters. The summed E-state index contributed by atoms with van der Waals surface area (Å²) in [5.41, 5.74) is 0.733. The van der Waals surface area contributed by atoms with Crippen molar-refractivity contribution in [2.45, 2.75) is 121 Å². The van der Waals surface area contributed by atoms with E-state index >= 15 is 0 Å². The highest BCUT2D eigenvalue weighted by atomic mass is 32.2. The molecule has 2 radical (unpaired) electrons. The first-order valence-electron chi connectivity index (χ1n) is 13.0. The summed E-state index contributed by atoms with van der Waals surface area (Å²) in [5.74, 6) is 0. The topological polar surface area (TPSA) is 54.4 Å². The van der Waals surface area contributed by atoms with Crippen molar-refractivity contribution in [3.05, 3.63) is 42.0 Å². The molecule has 0 aliphatic rings. The second-order valence-electron chi connectivity index (χ2n) is 9.30. The third-order valence-electron chi connectivity index (χ3n) is 6.52. The molecule has 0 aliphatic carbocycles. The molecular formula is C28H44MgO3S. The maximum atomic E-state index is 12.0. The van der Waals surface area contributed by atoms with Gasteiger partial charge in [0.2, 0.25) is 0 Å². The van der Waals surface area contributed by atoms with Gasteiger partial charge in [0.15, 0.2) is 0 Å². The molecule has 2 rings (SSSR count). The maximum absolute atomic E-state index is 12.0. The van der Waals surface area contributed by atoms with Crippen molar-refractivity contribution in [1.29, 1.82) is 0 Å². The molecule has 0 fully saturated rings.